The fourth-order valence-electron chi connectivity index (χ4n) is 4.87. The van der Waals surface area contributed by atoms with Gasteiger partial charge in [-0.2, -0.15) is 0 Å². The molecular weight excluding hydrogens is 551 g/mol. The van der Waals surface area contributed by atoms with Gasteiger partial charge in [-0.05, 0) is 80.9 Å². The van der Waals surface area contributed by atoms with Crippen LogP contribution in [0.1, 0.15) is 41.1 Å². The molecule has 1 atom stereocenters. The summed E-state index contributed by atoms with van der Waals surface area (Å²) in [5.41, 5.74) is 1.63. The molecule has 1 unspecified atom stereocenters. The van der Waals surface area contributed by atoms with E-state index < -0.39 is 11.9 Å². The van der Waals surface area contributed by atoms with E-state index in [-0.39, 0.29) is 17.0 Å². The van der Waals surface area contributed by atoms with Crippen LogP contribution in [-0.4, -0.2) is 42.7 Å². The van der Waals surface area contributed by atoms with Gasteiger partial charge in [0.15, 0.2) is 0 Å². The van der Waals surface area contributed by atoms with Crippen LogP contribution < -0.4 is 19.7 Å². The average Bonchev–Trinajstić information content (AvgIpc) is 2.91. The number of aliphatic carboxylic acids is 1. The lowest BCUT2D eigenvalue weighted by molar-refractivity contribution is -0.139. The number of ether oxygens (including phenoxy) is 2. The molecule has 198 valence electrons. The van der Waals surface area contributed by atoms with E-state index in [1.807, 2.05) is 0 Å². The Balaban J connectivity index is 1.39. The number of piperidine rings is 1. The summed E-state index contributed by atoms with van der Waals surface area (Å²) in [6.45, 7) is 1.92. The van der Waals surface area contributed by atoms with Gasteiger partial charge in [0, 0.05) is 28.3 Å². The van der Waals surface area contributed by atoms with Gasteiger partial charge in [-0.3, -0.25) is 9.59 Å². The van der Waals surface area contributed by atoms with Gasteiger partial charge < -0.3 is 24.8 Å². The van der Waals surface area contributed by atoms with Crippen LogP contribution in [0.5, 0.6) is 17.2 Å². The first kappa shape index (κ1) is 26.6. The van der Waals surface area contributed by atoms with Crippen molar-refractivity contribution in [3.8, 4) is 17.2 Å². The number of nitrogens with one attached hydrogen (secondary N) is 1. The third kappa shape index (κ3) is 5.57. The lowest BCUT2D eigenvalue weighted by Gasteiger charge is -2.35. The van der Waals surface area contributed by atoms with E-state index >= 15 is 0 Å². The molecule has 10 heteroatoms. The first-order valence-corrected chi connectivity index (χ1v) is 13.4. The van der Waals surface area contributed by atoms with Crippen molar-refractivity contribution in [1.29, 1.82) is 0 Å². The zero-order valence-electron chi connectivity index (χ0n) is 20.3. The number of hydrogen-bond acceptors (Lipinski definition) is 5. The molecule has 1 amide bonds. The molecule has 2 aliphatic rings. The smallest absolute Gasteiger partial charge is 0.311 e. The van der Waals surface area contributed by atoms with Crippen molar-refractivity contribution in [2.45, 2.75) is 31.2 Å². The van der Waals surface area contributed by atoms with Crippen molar-refractivity contribution in [2.75, 3.05) is 24.6 Å². The topological polar surface area (TPSA) is 88.1 Å². The van der Waals surface area contributed by atoms with Crippen molar-refractivity contribution in [3.05, 3.63) is 80.8 Å². The predicted molar refractivity (Wildman–Crippen MR) is 148 cm³/mol. The van der Waals surface area contributed by atoms with Gasteiger partial charge in [0.2, 0.25) is 0 Å². The molecule has 0 spiro atoms. The van der Waals surface area contributed by atoms with Gasteiger partial charge in [-0.1, -0.05) is 34.8 Å². The van der Waals surface area contributed by atoms with Crippen LogP contribution in [0.2, 0.25) is 15.1 Å². The van der Waals surface area contributed by atoms with Crippen molar-refractivity contribution >= 4 is 52.4 Å². The zero-order valence-corrected chi connectivity index (χ0v) is 22.5. The molecule has 0 bridgehead atoms. The highest BCUT2D eigenvalue weighted by atomic mass is 35.5. The molecule has 0 aliphatic carbocycles. The Morgan fingerprint density at radius 2 is 1.68 bits per heavy atom. The van der Waals surface area contributed by atoms with Crippen LogP contribution in [0.4, 0.5) is 5.69 Å². The van der Waals surface area contributed by atoms with Gasteiger partial charge in [-0.25, -0.2) is 0 Å². The number of carbonyl (C=O) groups is 2. The fourth-order valence-corrected chi connectivity index (χ4v) is 5.58. The first-order chi connectivity index (χ1) is 18.3. The molecule has 3 aromatic carbocycles. The lowest BCUT2D eigenvalue weighted by atomic mass is 9.93. The zero-order chi connectivity index (χ0) is 26.8. The van der Waals surface area contributed by atoms with E-state index in [0.29, 0.717) is 57.1 Å². The number of amides is 1. The van der Waals surface area contributed by atoms with Crippen molar-refractivity contribution in [3.63, 3.8) is 0 Å². The van der Waals surface area contributed by atoms with E-state index in [9.17, 15) is 14.7 Å². The monoisotopic (exact) mass is 574 g/mol. The molecular formula is C28H25Cl3N2O5. The molecule has 2 heterocycles. The van der Waals surface area contributed by atoms with Crippen LogP contribution in [-0.2, 0) is 4.79 Å². The maximum Gasteiger partial charge on any atom is 0.311 e. The van der Waals surface area contributed by atoms with E-state index in [2.05, 4.69) is 5.32 Å². The van der Waals surface area contributed by atoms with E-state index in [0.717, 1.165) is 25.9 Å². The number of nitrogens with zero attached hydrogens (tertiary/aromatic N) is 1. The minimum absolute atomic E-state index is 0.0118. The van der Waals surface area contributed by atoms with Gasteiger partial charge in [0.1, 0.15) is 17.2 Å². The third-order valence-corrected chi connectivity index (χ3v) is 7.63. The normalized spacial score (nSPS) is 17.3. The van der Waals surface area contributed by atoms with Crippen molar-refractivity contribution in [1.82, 2.24) is 5.32 Å². The van der Waals surface area contributed by atoms with Crippen molar-refractivity contribution in [2.24, 2.45) is 0 Å². The quantitative estimate of drug-likeness (QED) is 0.337. The lowest BCUT2D eigenvalue weighted by Crippen LogP contribution is -2.46. The van der Waals surface area contributed by atoms with Crippen LogP contribution in [0.25, 0.3) is 0 Å². The van der Waals surface area contributed by atoms with E-state index in [1.54, 1.807) is 59.5 Å². The van der Waals surface area contributed by atoms with E-state index in [4.69, 9.17) is 44.3 Å². The van der Waals surface area contributed by atoms with Crippen molar-refractivity contribution < 1.29 is 24.2 Å². The van der Waals surface area contributed by atoms with Gasteiger partial charge in [0.05, 0.1) is 28.3 Å². The molecule has 2 N–H and O–H groups in total. The minimum Gasteiger partial charge on any atom is -0.493 e. The maximum atomic E-state index is 13.7. The second-order valence-electron chi connectivity index (χ2n) is 9.23. The molecule has 0 radical (unpaired) electrons. The number of hydrogen-bond donors (Lipinski definition) is 2. The Morgan fingerprint density at radius 1 is 0.947 bits per heavy atom. The molecule has 1 saturated heterocycles. The molecule has 3 aromatic rings. The highest BCUT2D eigenvalue weighted by molar-refractivity contribution is 6.37. The van der Waals surface area contributed by atoms with E-state index in [1.165, 1.54) is 0 Å². The van der Waals surface area contributed by atoms with Crippen LogP contribution in [0.15, 0.2) is 54.6 Å². The highest BCUT2D eigenvalue weighted by Crippen LogP contribution is 2.42. The summed E-state index contributed by atoms with van der Waals surface area (Å²) in [5.74, 6) is -0.530. The van der Waals surface area contributed by atoms with Gasteiger partial charge in [-0.15, -0.1) is 0 Å². The summed E-state index contributed by atoms with van der Waals surface area (Å²) in [7, 11) is 0. The number of carboxylic acid groups (broad SMARTS) is 1. The van der Waals surface area contributed by atoms with Gasteiger partial charge >= 0.3 is 5.97 Å². The standard InChI is InChI=1S/C28H25Cl3N2O5/c29-17-3-6-24(22(30)13-17)33(18-7-10-32-11-8-18)27(34)16-1-4-19(5-2-16)38-26-15-25-21(14-23(26)31)20(28(35)36)9-12-37-25/h1-6,13-15,18,20,32H,7-12H2,(H,35,36). The first-order valence-electron chi connectivity index (χ1n) is 12.3. The molecule has 0 saturated carbocycles. The summed E-state index contributed by atoms with van der Waals surface area (Å²) < 4.78 is 11.6. The van der Waals surface area contributed by atoms with Crippen LogP contribution in [0, 0.1) is 0 Å². The number of benzene rings is 3. The number of carbonyl (C=O) groups excluding carboxylic acids is 1. The molecule has 0 aromatic heterocycles. The van der Waals surface area contributed by atoms with Crippen LogP contribution in [0.3, 0.4) is 0 Å². The predicted octanol–water partition coefficient (Wildman–Crippen LogP) is 6.79. The molecule has 1 fully saturated rings. The van der Waals surface area contributed by atoms with Gasteiger partial charge in [0.25, 0.3) is 5.91 Å². The summed E-state index contributed by atoms with van der Waals surface area (Å²) in [6, 6.07) is 15.1. The summed E-state index contributed by atoms with van der Waals surface area (Å²) in [5, 5.41) is 14.0. The molecule has 7 nitrogen and oxygen atoms in total. The summed E-state index contributed by atoms with van der Waals surface area (Å²) in [4.78, 5) is 27.1. The Hall–Kier alpha value is -2.97. The Morgan fingerprint density at radius 3 is 2.37 bits per heavy atom. The molecule has 38 heavy (non-hydrogen) atoms. The second-order valence-corrected chi connectivity index (χ2v) is 10.5. The minimum atomic E-state index is -0.919. The number of rotatable bonds is 6. The number of carboxylic acids is 1. The number of fused-ring (bicyclic) bond motifs is 1. The van der Waals surface area contributed by atoms with Crippen LogP contribution >= 0.6 is 34.8 Å². The Kier molecular flexibility index (Phi) is 8.00. The third-order valence-electron chi connectivity index (χ3n) is 6.79. The maximum absolute atomic E-state index is 13.7. The summed E-state index contributed by atoms with van der Waals surface area (Å²) in [6.07, 6.45) is 1.98. The second kappa shape index (κ2) is 11.4. The fraction of sp³-hybridized carbons (Fsp3) is 0.286. The molecule has 5 rings (SSSR count). The number of halogens is 3. The highest BCUT2D eigenvalue weighted by Gasteiger charge is 2.30. The SMILES string of the molecule is O=C(O)C1CCOc2cc(Oc3ccc(C(=O)N(c4ccc(Cl)cc4Cl)C4CCNCC4)cc3)c(Cl)cc21. The Bertz CT molecular complexity index is 1360. The average molecular weight is 576 g/mol. The Labute approximate surface area is 235 Å². The largest absolute Gasteiger partial charge is 0.493 e. The number of anilines is 1. The summed E-state index contributed by atoms with van der Waals surface area (Å²) >= 11 is 19.0. The molecule has 2 aliphatic heterocycles.